The van der Waals surface area contributed by atoms with E-state index >= 15 is 0 Å². The fourth-order valence-corrected chi connectivity index (χ4v) is 8.19. The summed E-state index contributed by atoms with van der Waals surface area (Å²) in [4.78, 5) is 2.37. The Labute approximate surface area is 301 Å². The van der Waals surface area contributed by atoms with Gasteiger partial charge in [0.05, 0.1) is 5.69 Å². The van der Waals surface area contributed by atoms with Crippen molar-refractivity contribution in [1.29, 1.82) is 0 Å². The summed E-state index contributed by atoms with van der Waals surface area (Å²) in [7, 11) is 0. The van der Waals surface area contributed by atoms with Crippen LogP contribution in [0.2, 0.25) is 0 Å². The predicted molar refractivity (Wildman–Crippen MR) is 219 cm³/mol. The van der Waals surface area contributed by atoms with Crippen molar-refractivity contribution in [3.63, 3.8) is 0 Å². The first-order valence-corrected chi connectivity index (χ1v) is 17.8. The van der Waals surface area contributed by atoms with Crippen LogP contribution in [0.1, 0.15) is 0 Å². The highest BCUT2D eigenvalue weighted by molar-refractivity contribution is 6.15. The van der Waals surface area contributed by atoms with Gasteiger partial charge in [-0.2, -0.15) is 0 Å². The van der Waals surface area contributed by atoms with Gasteiger partial charge in [0.15, 0.2) is 5.58 Å². The summed E-state index contributed by atoms with van der Waals surface area (Å²) in [5.74, 6) is 0. The molecule has 0 unspecified atom stereocenters. The van der Waals surface area contributed by atoms with Gasteiger partial charge in [0, 0.05) is 27.7 Å². The van der Waals surface area contributed by atoms with Crippen molar-refractivity contribution < 1.29 is 4.42 Å². The maximum absolute atomic E-state index is 6.77. The molecule has 1 heterocycles. The van der Waals surface area contributed by atoms with E-state index in [2.05, 4.69) is 187 Å². The average molecular weight is 662 g/mol. The van der Waals surface area contributed by atoms with E-state index in [1.165, 1.54) is 54.9 Å². The van der Waals surface area contributed by atoms with Crippen molar-refractivity contribution in [3.05, 3.63) is 188 Å². The Morgan fingerprint density at radius 2 is 0.904 bits per heavy atom. The van der Waals surface area contributed by atoms with Crippen molar-refractivity contribution >= 4 is 60.5 Å². The van der Waals surface area contributed by atoms with Crippen molar-refractivity contribution in [1.82, 2.24) is 0 Å². The molecule has 0 aliphatic heterocycles. The van der Waals surface area contributed by atoms with E-state index in [1.807, 2.05) is 6.07 Å². The zero-order valence-corrected chi connectivity index (χ0v) is 28.3. The topological polar surface area (TPSA) is 16.4 Å². The number of rotatable bonds is 5. The van der Waals surface area contributed by atoms with Crippen LogP contribution >= 0.6 is 0 Å². The van der Waals surface area contributed by atoms with Crippen LogP contribution in [0, 0.1) is 0 Å². The van der Waals surface area contributed by atoms with Crippen molar-refractivity contribution in [2.75, 3.05) is 4.90 Å². The summed E-state index contributed by atoms with van der Waals surface area (Å²) in [6.07, 6.45) is 0. The largest absolute Gasteiger partial charge is 0.454 e. The molecule has 0 saturated heterocycles. The molecule has 0 spiro atoms. The molecule has 11 rings (SSSR count). The van der Waals surface area contributed by atoms with Gasteiger partial charge in [-0.1, -0.05) is 121 Å². The van der Waals surface area contributed by atoms with E-state index < -0.39 is 0 Å². The van der Waals surface area contributed by atoms with E-state index in [0.717, 1.165) is 50.1 Å². The van der Waals surface area contributed by atoms with E-state index in [0.29, 0.717) is 0 Å². The van der Waals surface area contributed by atoms with Crippen LogP contribution in [0.25, 0.3) is 88.0 Å². The summed E-state index contributed by atoms with van der Waals surface area (Å²) in [6.45, 7) is 0. The van der Waals surface area contributed by atoms with Crippen molar-refractivity contribution in [2.24, 2.45) is 0 Å². The van der Waals surface area contributed by atoms with Crippen molar-refractivity contribution in [3.8, 4) is 44.5 Å². The van der Waals surface area contributed by atoms with E-state index in [4.69, 9.17) is 4.42 Å². The van der Waals surface area contributed by atoms with Crippen LogP contribution in [0.5, 0.6) is 0 Å². The zero-order chi connectivity index (χ0) is 34.2. The predicted octanol–water partition coefficient (Wildman–Crippen LogP) is 14.3. The Kier molecular flexibility index (Phi) is 6.28. The van der Waals surface area contributed by atoms with E-state index in [-0.39, 0.29) is 0 Å². The van der Waals surface area contributed by atoms with Gasteiger partial charge in [-0.25, -0.2) is 0 Å². The van der Waals surface area contributed by atoms with Crippen LogP contribution in [-0.2, 0) is 0 Å². The molecule has 0 fully saturated rings. The third kappa shape index (κ3) is 4.44. The fraction of sp³-hybridized carbons (Fsp3) is 0. The van der Waals surface area contributed by atoms with Gasteiger partial charge >= 0.3 is 0 Å². The van der Waals surface area contributed by atoms with E-state index in [9.17, 15) is 0 Å². The standard InChI is InChI=1S/C50H31NO/c1-4-12-32(13-5-1)34-20-21-35-28-44-45-29-36-22-23-40(27-38(36)31-47(45)46(44)30-37(35)26-34)51(39-16-8-3-9-17-39)49-41(33-14-6-2-7-15-33)24-25-43-42-18-10-11-19-48(42)52-50(43)49/h1-31H. The summed E-state index contributed by atoms with van der Waals surface area (Å²) in [5.41, 5.74) is 15.0. The number of benzene rings is 9. The molecule has 0 radical (unpaired) electrons. The summed E-state index contributed by atoms with van der Waals surface area (Å²) >= 11 is 0. The minimum atomic E-state index is 0.874. The zero-order valence-electron chi connectivity index (χ0n) is 28.3. The Morgan fingerprint density at radius 3 is 1.62 bits per heavy atom. The minimum Gasteiger partial charge on any atom is -0.454 e. The monoisotopic (exact) mass is 661 g/mol. The molecule has 242 valence electrons. The smallest absolute Gasteiger partial charge is 0.160 e. The molecule has 0 atom stereocenters. The maximum atomic E-state index is 6.77. The number of para-hydroxylation sites is 2. The molecule has 10 aromatic rings. The van der Waals surface area contributed by atoms with Gasteiger partial charge in [0.1, 0.15) is 5.58 Å². The number of fused-ring (bicyclic) bond motifs is 9. The van der Waals surface area contributed by atoms with Gasteiger partial charge in [-0.3, -0.25) is 0 Å². The molecule has 0 saturated carbocycles. The molecular formula is C50H31NO. The highest BCUT2D eigenvalue weighted by Crippen LogP contribution is 2.52. The van der Waals surface area contributed by atoms with Gasteiger partial charge in [-0.15, -0.1) is 0 Å². The number of nitrogens with zero attached hydrogens (tertiary/aromatic N) is 1. The molecule has 1 aliphatic rings. The van der Waals surface area contributed by atoms with Gasteiger partial charge in [-0.05, 0) is 127 Å². The lowest BCUT2D eigenvalue weighted by Crippen LogP contribution is -2.11. The lowest BCUT2D eigenvalue weighted by Gasteiger charge is -2.29. The first-order chi connectivity index (χ1) is 25.8. The van der Waals surface area contributed by atoms with Gasteiger partial charge in [0.25, 0.3) is 0 Å². The molecule has 0 amide bonds. The molecular weight excluding hydrogens is 631 g/mol. The second kappa shape index (κ2) is 11.3. The van der Waals surface area contributed by atoms with Crippen LogP contribution in [0.4, 0.5) is 17.1 Å². The number of furan rings is 1. The van der Waals surface area contributed by atoms with Gasteiger partial charge in [0.2, 0.25) is 0 Å². The first-order valence-electron chi connectivity index (χ1n) is 17.8. The lowest BCUT2D eigenvalue weighted by atomic mass is 9.77. The van der Waals surface area contributed by atoms with E-state index in [1.54, 1.807) is 0 Å². The van der Waals surface area contributed by atoms with Crippen LogP contribution in [0.15, 0.2) is 192 Å². The highest BCUT2D eigenvalue weighted by Gasteiger charge is 2.26. The normalized spacial score (nSPS) is 11.8. The molecule has 0 bridgehead atoms. The third-order valence-electron chi connectivity index (χ3n) is 10.7. The summed E-state index contributed by atoms with van der Waals surface area (Å²) in [5, 5.41) is 7.19. The molecule has 2 nitrogen and oxygen atoms in total. The molecule has 1 aromatic heterocycles. The SMILES string of the molecule is c1ccc(-c2ccc3cc4c(cc3c2)-c2cc3cc(N(c5ccccc5)c5c(-c6ccccc6)ccc6c5oc5ccccc56)ccc3cc2-4)cc1. The van der Waals surface area contributed by atoms with Gasteiger partial charge < -0.3 is 9.32 Å². The highest BCUT2D eigenvalue weighted by atomic mass is 16.3. The molecule has 52 heavy (non-hydrogen) atoms. The second-order valence-electron chi connectivity index (χ2n) is 13.7. The Morgan fingerprint density at radius 1 is 0.327 bits per heavy atom. The maximum Gasteiger partial charge on any atom is 0.160 e. The molecule has 9 aromatic carbocycles. The number of hydrogen-bond donors (Lipinski definition) is 0. The van der Waals surface area contributed by atoms with Crippen LogP contribution in [-0.4, -0.2) is 0 Å². The summed E-state index contributed by atoms with van der Waals surface area (Å²) in [6, 6.07) is 67.9. The Hall–Kier alpha value is -6.90. The van der Waals surface area contributed by atoms with Crippen molar-refractivity contribution in [2.45, 2.75) is 0 Å². The third-order valence-corrected chi connectivity index (χ3v) is 10.7. The fourth-order valence-electron chi connectivity index (χ4n) is 8.19. The Bertz CT molecular complexity index is 3000. The molecule has 2 heteroatoms. The number of anilines is 3. The molecule has 1 aliphatic carbocycles. The molecule has 0 N–H and O–H groups in total. The summed E-state index contributed by atoms with van der Waals surface area (Å²) < 4.78 is 6.77. The van der Waals surface area contributed by atoms with Crippen LogP contribution in [0.3, 0.4) is 0 Å². The lowest BCUT2D eigenvalue weighted by molar-refractivity contribution is 0.669. The second-order valence-corrected chi connectivity index (χ2v) is 13.7. The quantitative estimate of drug-likeness (QED) is 0.182. The van der Waals surface area contributed by atoms with Crippen LogP contribution < -0.4 is 4.90 Å². The first kappa shape index (κ1) is 28.9. The minimum absolute atomic E-state index is 0.874. The Balaban J connectivity index is 1.10. The number of hydrogen-bond acceptors (Lipinski definition) is 2. The average Bonchev–Trinajstić information content (AvgIpc) is 3.60.